The van der Waals surface area contributed by atoms with Gasteiger partial charge in [-0.15, -0.1) is 0 Å². The van der Waals surface area contributed by atoms with E-state index in [-0.39, 0.29) is 5.91 Å². The molecule has 0 aromatic heterocycles. The van der Waals surface area contributed by atoms with Crippen molar-refractivity contribution >= 4 is 33.4 Å². The monoisotopic (exact) mass is 315 g/mol. The van der Waals surface area contributed by atoms with Crippen LogP contribution in [0.15, 0.2) is 18.2 Å². The minimum absolute atomic E-state index is 0.0926. The van der Waals surface area contributed by atoms with Gasteiger partial charge in [-0.05, 0) is 43.5 Å². The molecule has 0 aliphatic carbocycles. The van der Waals surface area contributed by atoms with Gasteiger partial charge in [0.1, 0.15) is 0 Å². The highest BCUT2D eigenvalue weighted by atomic mass is 79.9. The average Bonchev–Trinajstić information content (AvgIpc) is 2.28. The summed E-state index contributed by atoms with van der Waals surface area (Å²) in [5, 5.41) is 0.628. The number of halogens is 2. The summed E-state index contributed by atoms with van der Waals surface area (Å²) in [7, 11) is 0. The first-order chi connectivity index (χ1) is 8.06. The zero-order valence-electron chi connectivity index (χ0n) is 9.75. The van der Waals surface area contributed by atoms with Gasteiger partial charge in [0.05, 0.1) is 0 Å². The molecular formula is C13H15BrClNO. The van der Waals surface area contributed by atoms with E-state index in [1.165, 1.54) is 0 Å². The van der Waals surface area contributed by atoms with Crippen molar-refractivity contribution < 1.29 is 4.79 Å². The molecule has 1 aromatic carbocycles. The Balaban J connectivity index is 2.14. The van der Waals surface area contributed by atoms with Gasteiger partial charge in [0.2, 0.25) is 0 Å². The predicted octanol–water partition coefficient (Wildman–Crippen LogP) is 3.65. The maximum absolute atomic E-state index is 12.3. The number of piperidine rings is 1. The molecule has 0 bridgehead atoms. The summed E-state index contributed by atoms with van der Waals surface area (Å²) in [5.74, 6) is 0.0926. The fourth-order valence-electron chi connectivity index (χ4n) is 2.09. The topological polar surface area (TPSA) is 20.3 Å². The molecule has 1 aliphatic heterocycles. The second-order valence-electron chi connectivity index (χ2n) is 4.48. The highest BCUT2D eigenvalue weighted by Gasteiger charge is 2.22. The second kappa shape index (κ2) is 5.40. The molecule has 92 valence electrons. The largest absolute Gasteiger partial charge is 0.339 e. The van der Waals surface area contributed by atoms with Gasteiger partial charge in [-0.25, -0.2) is 0 Å². The molecular weight excluding hydrogens is 302 g/mol. The van der Waals surface area contributed by atoms with E-state index < -0.39 is 0 Å². The fraction of sp³-hybridized carbons (Fsp3) is 0.462. The third-order valence-corrected chi connectivity index (χ3v) is 4.13. The van der Waals surface area contributed by atoms with E-state index in [9.17, 15) is 4.79 Å². The Morgan fingerprint density at radius 1 is 1.35 bits per heavy atom. The van der Waals surface area contributed by atoms with Gasteiger partial charge in [0.25, 0.3) is 5.91 Å². The van der Waals surface area contributed by atoms with Gasteiger partial charge in [0, 0.05) is 28.5 Å². The van der Waals surface area contributed by atoms with Crippen LogP contribution in [-0.4, -0.2) is 28.7 Å². The van der Waals surface area contributed by atoms with Crippen LogP contribution in [0.1, 0.15) is 28.8 Å². The van der Waals surface area contributed by atoms with Crippen LogP contribution in [0.4, 0.5) is 0 Å². The first-order valence-corrected chi connectivity index (χ1v) is 7.06. The highest BCUT2D eigenvalue weighted by Crippen LogP contribution is 2.21. The van der Waals surface area contributed by atoms with E-state index in [1.807, 2.05) is 24.0 Å². The molecule has 0 N–H and O–H groups in total. The molecule has 0 saturated carbocycles. The summed E-state index contributed by atoms with van der Waals surface area (Å²) in [5.41, 5.74) is 1.72. The van der Waals surface area contributed by atoms with E-state index in [0.717, 1.165) is 31.5 Å². The van der Waals surface area contributed by atoms with E-state index >= 15 is 0 Å². The number of hydrogen-bond donors (Lipinski definition) is 0. The zero-order chi connectivity index (χ0) is 12.4. The first kappa shape index (κ1) is 12.9. The Bertz CT molecular complexity index is 407. The van der Waals surface area contributed by atoms with Crippen molar-refractivity contribution in [3.05, 3.63) is 34.3 Å². The number of alkyl halides is 1. The zero-order valence-corrected chi connectivity index (χ0v) is 12.1. The summed E-state index contributed by atoms with van der Waals surface area (Å²) in [4.78, 5) is 14.7. The lowest BCUT2D eigenvalue weighted by molar-refractivity contribution is 0.0728. The average molecular weight is 317 g/mol. The molecule has 0 spiro atoms. The smallest absolute Gasteiger partial charge is 0.253 e. The van der Waals surface area contributed by atoms with Crippen LogP contribution in [-0.2, 0) is 0 Å². The van der Waals surface area contributed by atoms with Gasteiger partial charge < -0.3 is 4.90 Å². The number of rotatable bonds is 1. The lowest BCUT2D eigenvalue weighted by Crippen LogP contribution is -2.38. The quantitative estimate of drug-likeness (QED) is 0.724. The number of benzene rings is 1. The Labute approximate surface area is 115 Å². The number of nitrogens with zero attached hydrogens (tertiary/aromatic N) is 1. The standard InChI is InChI=1S/C13H15BrClNO/c1-9-6-10(8-12(15)7-9)13(17)16-4-2-11(14)3-5-16/h6-8,11H,2-5H2,1H3. The van der Waals surface area contributed by atoms with Crippen LogP contribution in [0, 0.1) is 6.92 Å². The van der Waals surface area contributed by atoms with Crippen molar-refractivity contribution in [3.63, 3.8) is 0 Å². The van der Waals surface area contributed by atoms with Crippen molar-refractivity contribution in [1.29, 1.82) is 0 Å². The number of amides is 1. The molecule has 1 amide bonds. The van der Waals surface area contributed by atoms with Gasteiger partial charge in [-0.2, -0.15) is 0 Å². The Hall–Kier alpha value is -0.540. The number of hydrogen-bond acceptors (Lipinski definition) is 1. The van der Waals surface area contributed by atoms with E-state index in [0.29, 0.717) is 15.4 Å². The van der Waals surface area contributed by atoms with Gasteiger partial charge in [0.15, 0.2) is 0 Å². The summed E-state index contributed by atoms with van der Waals surface area (Å²) >= 11 is 9.56. The summed E-state index contributed by atoms with van der Waals surface area (Å²) in [6, 6.07) is 5.51. The van der Waals surface area contributed by atoms with E-state index in [4.69, 9.17) is 11.6 Å². The lowest BCUT2D eigenvalue weighted by Gasteiger charge is -2.29. The van der Waals surface area contributed by atoms with Crippen molar-refractivity contribution in [3.8, 4) is 0 Å². The van der Waals surface area contributed by atoms with Crippen LogP contribution in [0.25, 0.3) is 0 Å². The number of carbonyl (C=O) groups is 1. The number of likely N-dealkylation sites (tertiary alicyclic amines) is 1. The van der Waals surface area contributed by atoms with Crippen molar-refractivity contribution in [2.75, 3.05) is 13.1 Å². The Morgan fingerprint density at radius 2 is 2.00 bits per heavy atom. The SMILES string of the molecule is Cc1cc(Cl)cc(C(=O)N2CCC(Br)CC2)c1. The van der Waals surface area contributed by atoms with Crippen LogP contribution >= 0.6 is 27.5 Å². The Morgan fingerprint density at radius 3 is 2.59 bits per heavy atom. The molecule has 2 nitrogen and oxygen atoms in total. The van der Waals surface area contributed by atoms with Crippen molar-refractivity contribution in [2.45, 2.75) is 24.6 Å². The first-order valence-electron chi connectivity index (χ1n) is 5.77. The number of aryl methyl sites for hydroxylation is 1. The second-order valence-corrected chi connectivity index (χ2v) is 6.22. The molecule has 0 unspecified atom stereocenters. The predicted molar refractivity (Wildman–Crippen MR) is 74.0 cm³/mol. The minimum atomic E-state index is 0.0926. The Kier molecular flexibility index (Phi) is 4.10. The van der Waals surface area contributed by atoms with Crippen LogP contribution in [0.3, 0.4) is 0 Å². The lowest BCUT2D eigenvalue weighted by atomic mass is 10.1. The van der Waals surface area contributed by atoms with E-state index in [2.05, 4.69) is 15.9 Å². The molecule has 17 heavy (non-hydrogen) atoms. The molecule has 4 heteroatoms. The van der Waals surface area contributed by atoms with Crippen molar-refractivity contribution in [2.24, 2.45) is 0 Å². The molecule has 0 radical (unpaired) electrons. The molecule has 1 aromatic rings. The molecule has 1 aliphatic rings. The fourth-order valence-corrected chi connectivity index (χ4v) is 2.79. The van der Waals surface area contributed by atoms with Crippen LogP contribution < -0.4 is 0 Å². The number of carbonyl (C=O) groups excluding carboxylic acids is 1. The normalized spacial score (nSPS) is 17.2. The highest BCUT2D eigenvalue weighted by molar-refractivity contribution is 9.09. The molecule has 0 atom stereocenters. The van der Waals surface area contributed by atoms with Gasteiger partial charge in [-0.3, -0.25) is 4.79 Å². The molecule has 2 rings (SSSR count). The van der Waals surface area contributed by atoms with Crippen molar-refractivity contribution in [1.82, 2.24) is 4.90 Å². The minimum Gasteiger partial charge on any atom is -0.339 e. The van der Waals surface area contributed by atoms with Crippen LogP contribution in [0.2, 0.25) is 5.02 Å². The third kappa shape index (κ3) is 3.23. The maximum atomic E-state index is 12.3. The molecule has 1 saturated heterocycles. The van der Waals surface area contributed by atoms with Gasteiger partial charge in [-0.1, -0.05) is 27.5 Å². The van der Waals surface area contributed by atoms with Gasteiger partial charge >= 0.3 is 0 Å². The molecule has 1 fully saturated rings. The summed E-state index contributed by atoms with van der Waals surface area (Å²) < 4.78 is 0. The van der Waals surface area contributed by atoms with E-state index in [1.54, 1.807) is 6.07 Å². The summed E-state index contributed by atoms with van der Waals surface area (Å²) in [6.45, 7) is 3.59. The third-order valence-electron chi connectivity index (χ3n) is 3.00. The van der Waals surface area contributed by atoms with Crippen LogP contribution in [0.5, 0.6) is 0 Å². The maximum Gasteiger partial charge on any atom is 0.253 e. The summed E-state index contributed by atoms with van der Waals surface area (Å²) in [6.07, 6.45) is 2.04. The molecule has 1 heterocycles.